The Morgan fingerprint density at radius 2 is 2.00 bits per heavy atom. The van der Waals surface area contributed by atoms with Crippen LogP contribution in [-0.2, 0) is 0 Å². The number of amides is 1. The molecule has 0 aliphatic heterocycles. The van der Waals surface area contributed by atoms with E-state index in [1.54, 1.807) is 0 Å². The van der Waals surface area contributed by atoms with Crippen molar-refractivity contribution in [1.82, 2.24) is 9.97 Å². The highest BCUT2D eigenvalue weighted by molar-refractivity contribution is 6.04. The SMILES string of the molecule is O=C(O)c1cncc(NC(=O)c2ccnc(F)c2F)c1. The molecule has 0 saturated heterocycles. The summed E-state index contributed by atoms with van der Waals surface area (Å²) in [5.41, 5.74) is -0.645. The number of nitrogens with one attached hydrogen (secondary N) is 1. The van der Waals surface area contributed by atoms with Crippen LogP contribution in [0.15, 0.2) is 30.7 Å². The zero-order valence-electron chi connectivity index (χ0n) is 9.80. The minimum atomic E-state index is -1.39. The first kappa shape index (κ1) is 13.5. The van der Waals surface area contributed by atoms with E-state index in [1.165, 1.54) is 6.20 Å². The van der Waals surface area contributed by atoms with Crippen molar-refractivity contribution in [2.45, 2.75) is 0 Å². The van der Waals surface area contributed by atoms with Crippen molar-refractivity contribution >= 4 is 17.6 Å². The topological polar surface area (TPSA) is 92.2 Å². The van der Waals surface area contributed by atoms with Gasteiger partial charge in [-0.05, 0) is 12.1 Å². The fourth-order valence-electron chi connectivity index (χ4n) is 1.42. The fourth-order valence-corrected chi connectivity index (χ4v) is 1.42. The van der Waals surface area contributed by atoms with Gasteiger partial charge in [-0.15, -0.1) is 0 Å². The molecule has 0 radical (unpaired) electrons. The molecule has 2 aromatic heterocycles. The molecule has 102 valence electrons. The Bertz CT molecular complexity index is 691. The van der Waals surface area contributed by atoms with E-state index in [1.807, 2.05) is 0 Å². The van der Waals surface area contributed by atoms with Crippen LogP contribution in [0.25, 0.3) is 0 Å². The summed E-state index contributed by atoms with van der Waals surface area (Å²) < 4.78 is 26.2. The molecule has 0 spiro atoms. The van der Waals surface area contributed by atoms with Gasteiger partial charge in [-0.3, -0.25) is 9.78 Å². The molecule has 2 rings (SSSR count). The Kier molecular flexibility index (Phi) is 3.65. The van der Waals surface area contributed by atoms with E-state index >= 15 is 0 Å². The molecular formula is C12H7F2N3O3. The number of aromatic carboxylic acids is 1. The van der Waals surface area contributed by atoms with Gasteiger partial charge in [-0.2, -0.15) is 4.39 Å². The third-order valence-corrected chi connectivity index (χ3v) is 2.33. The van der Waals surface area contributed by atoms with Gasteiger partial charge in [0, 0.05) is 12.4 Å². The lowest BCUT2D eigenvalue weighted by Gasteiger charge is -2.06. The van der Waals surface area contributed by atoms with Gasteiger partial charge in [0.25, 0.3) is 5.91 Å². The number of anilines is 1. The van der Waals surface area contributed by atoms with Crippen molar-refractivity contribution in [3.05, 3.63) is 53.6 Å². The first-order chi connectivity index (χ1) is 9.49. The van der Waals surface area contributed by atoms with E-state index in [4.69, 9.17) is 5.11 Å². The molecule has 20 heavy (non-hydrogen) atoms. The van der Waals surface area contributed by atoms with Crippen LogP contribution in [0.2, 0.25) is 0 Å². The van der Waals surface area contributed by atoms with Crippen molar-refractivity contribution in [2.24, 2.45) is 0 Å². The van der Waals surface area contributed by atoms with Gasteiger partial charge in [0.05, 0.1) is 23.0 Å². The van der Waals surface area contributed by atoms with Gasteiger partial charge in [0.2, 0.25) is 5.95 Å². The van der Waals surface area contributed by atoms with E-state index in [2.05, 4.69) is 15.3 Å². The summed E-state index contributed by atoms with van der Waals surface area (Å²) in [7, 11) is 0. The summed E-state index contributed by atoms with van der Waals surface area (Å²) in [6.07, 6.45) is 3.21. The second-order valence-electron chi connectivity index (χ2n) is 3.68. The molecule has 0 atom stereocenters. The van der Waals surface area contributed by atoms with E-state index in [9.17, 15) is 18.4 Å². The largest absolute Gasteiger partial charge is 0.478 e. The van der Waals surface area contributed by atoms with Gasteiger partial charge < -0.3 is 10.4 Å². The second kappa shape index (κ2) is 5.39. The molecule has 0 aliphatic rings. The highest BCUT2D eigenvalue weighted by Gasteiger charge is 2.16. The van der Waals surface area contributed by atoms with Crippen LogP contribution in [-0.4, -0.2) is 27.0 Å². The zero-order chi connectivity index (χ0) is 14.7. The molecule has 0 saturated carbocycles. The molecule has 0 aliphatic carbocycles. The molecule has 2 heterocycles. The molecule has 1 amide bonds. The molecule has 2 N–H and O–H groups in total. The molecule has 0 fully saturated rings. The number of hydrogen-bond donors (Lipinski definition) is 2. The first-order valence-electron chi connectivity index (χ1n) is 5.28. The van der Waals surface area contributed by atoms with Crippen molar-refractivity contribution < 1.29 is 23.5 Å². The van der Waals surface area contributed by atoms with Crippen LogP contribution in [0.3, 0.4) is 0 Å². The maximum absolute atomic E-state index is 13.4. The number of rotatable bonds is 3. The number of nitrogens with zero attached hydrogens (tertiary/aromatic N) is 2. The maximum atomic E-state index is 13.4. The Hall–Kier alpha value is -2.90. The summed E-state index contributed by atoms with van der Waals surface area (Å²) in [6.45, 7) is 0. The fraction of sp³-hybridized carbons (Fsp3) is 0. The normalized spacial score (nSPS) is 10.1. The summed E-state index contributed by atoms with van der Waals surface area (Å²) >= 11 is 0. The van der Waals surface area contributed by atoms with Crippen LogP contribution in [0.1, 0.15) is 20.7 Å². The summed E-state index contributed by atoms with van der Waals surface area (Å²) in [6, 6.07) is 2.14. The third kappa shape index (κ3) is 2.74. The summed E-state index contributed by atoms with van der Waals surface area (Å²) in [5.74, 6) is -4.94. The molecular weight excluding hydrogens is 272 g/mol. The van der Waals surface area contributed by atoms with Crippen molar-refractivity contribution in [3.63, 3.8) is 0 Å². The number of aromatic nitrogens is 2. The lowest BCUT2D eigenvalue weighted by atomic mass is 10.2. The van der Waals surface area contributed by atoms with Crippen LogP contribution in [0, 0.1) is 11.8 Å². The van der Waals surface area contributed by atoms with Crippen LogP contribution in [0.4, 0.5) is 14.5 Å². The summed E-state index contributed by atoms with van der Waals surface area (Å²) in [4.78, 5) is 29.2. The van der Waals surface area contributed by atoms with Crippen molar-refractivity contribution in [1.29, 1.82) is 0 Å². The predicted molar refractivity (Wildman–Crippen MR) is 63.3 cm³/mol. The van der Waals surface area contributed by atoms with E-state index in [-0.39, 0.29) is 11.3 Å². The Morgan fingerprint density at radius 3 is 2.70 bits per heavy atom. The Morgan fingerprint density at radius 1 is 1.25 bits per heavy atom. The molecule has 8 heteroatoms. The highest BCUT2D eigenvalue weighted by Crippen LogP contribution is 2.13. The van der Waals surface area contributed by atoms with Gasteiger partial charge in [-0.25, -0.2) is 14.2 Å². The van der Waals surface area contributed by atoms with Crippen molar-refractivity contribution in [2.75, 3.05) is 5.32 Å². The minimum Gasteiger partial charge on any atom is -0.478 e. The smallest absolute Gasteiger partial charge is 0.337 e. The number of carbonyl (C=O) groups excluding carboxylic acids is 1. The van der Waals surface area contributed by atoms with E-state index in [0.29, 0.717) is 0 Å². The minimum absolute atomic E-state index is 0.0477. The zero-order valence-corrected chi connectivity index (χ0v) is 9.80. The third-order valence-electron chi connectivity index (χ3n) is 2.33. The van der Waals surface area contributed by atoms with Gasteiger partial charge in [0.1, 0.15) is 0 Å². The molecule has 2 aromatic rings. The van der Waals surface area contributed by atoms with Crippen LogP contribution < -0.4 is 5.32 Å². The quantitative estimate of drug-likeness (QED) is 0.834. The lowest BCUT2D eigenvalue weighted by Crippen LogP contribution is -2.15. The number of halogens is 2. The number of hydrogen-bond acceptors (Lipinski definition) is 4. The average Bonchev–Trinajstić information content (AvgIpc) is 2.42. The number of pyridine rings is 2. The Labute approximate surface area is 111 Å². The summed E-state index contributed by atoms with van der Waals surface area (Å²) in [5, 5.41) is 11.0. The number of carboxylic acids is 1. The molecule has 0 bridgehead atoms. The van der Waals surface area contributed by atoms with Gasteiger partial charge >= 0.3 is 5.97 Å². The van der Waals surface area contributed by atoms with Gasteiger partial charge in [-0.1, -0.05) is 0 Å². The van der Waals surface area contributed by atoms with Gasteiger partial charge in [0.15, 0.2) is 5.82 Å². The predicted octanol–water partition coefficient (Wildman–Crippen LogP) is 1.71. The Balaban J connectivity index is 2.26. The van der Waals surface area contributed by atoms with Crippen LogP contribution in [0.5, 0.6) is 0 Å². The van der Waals surface area contributed by atoms with E-state index < -0.39 is 29.2 Å². The average molecular weight is 279 g/mol. The molecule has 0 aromatic carbocycles. The monoisotopic (exact) mass is 279 g/mol. The second-order valence-corrected chi connectivity index (χ2v) is 3.68. The first-order valence-corrected chi connectivity index (χ1v) is 5.28. The maximum Gasteiger partial charge on any atom is 0.337 e. The number of carboxylic acid groups (broad SMARTS) is 1. The highest BCUT2D eigenvalue weighted by atomic mass is 19.2. The standard InChI is InChI=1S/C12H7F2N3O3/c13-9-8(1-2-16-10(9)14)11(18)17-7-3-6(12(19)20)4-15-5-7/h1-5H,(H,17,18)(H,19,20). The number of carbonyl (C=O) groups is 2. The lowest BCUT2D eigenvalue weighted by molar-refractivity contribution is 0.0696. The van der Waals surface area contributed by atoms with Crippen molar-refractivity contribution in [3.8, 4) is 0 Å². The van der Waals surface area contributed by atoms with Crippen LogP contribution >= 0.6 is 0 Å². The molecule has 0 unspecified atom stereocenters. The molecule has 6 nitrogen and oxygen atoms in total. The van der Waals surface area contributed by atoms with E-state index in [0.717, 1.165) is 24.5 Å².